The zero-order chi connectivity index (χ0) is 22.6. The van der Waals surface area contributed by atoms with Gasteiger partial charge >= 0.3 is 0 Å². The highest BCUT2D eigenvalue weighted by molar-refractivity contribution is 5.94. The number of hydrogen-bond donors (Lipinski definition) is 1. The Morgan fingerprint density at radius 3 is 2.42 bits per heavy atom. The summed E-state index contributed by atoms with van der Waals surface area (Å²) in [7, 11) is 0. The second-order valence-electron chi connectivity index (χ2n) is 8.98. The monoisotopic (exact) mass is 450 g/mol. The van der Waals surface area contributed by atoms with Crippen molar-refractivity contribution in [1.29, 1.82) is 0 Å². The summed E-state index contributed by atoms with van der Waals surface area (Å²) in [5.41, 5.74) is 0.596. The molecule has 7 heteroatoms. The number of likely N-dealkylation sites (tertiary alicyclic amines) is 1. The van der Waals surface area contributed by atoms with Gasteiger partial charge in [-0.05, 0) is 49.2 Å². The Balaban J connectivity index is 1.03. The Morgan fingerprint density at radius 2 is 1.70 bits per heavy atom. The summed E-state index contributed by atoms with van der Waals surface area (Å²) in [5.74, 6) is 2.74. The minimum absolute atomic E-state index is 0.0815. The zero-order valence-corrected chi connectivity index (χ0v) is 18.7. The molecule has 1 N–H and O–H groups in total. The fourth-order valence-corrected chi connectivity index (χ4v) is 4.31. The van der Waals surface area contributed by atoms with Crippen LogP contribution >= 0.6 is 0 Å². The molecule has 33 heavy (non-hydrogen) atoms. The van der Waals surface area contributed by atoms with Gasteiger partial charge in [0.05, 0.1) is 0 Å². The highest BCUT2D eigenvalue weighted by Crippen LogP contribution is 2.33. The molecule has 1 unspecified atom stereocenters. The van der Waals surface area contributed by atoms with Crippen LogP contribution in [0.3, 0.4) is 0 Å². The van der Waals surface area contributed by atoms with Gasteiger partial charge in [0.1, 0.15) is 24.6 Å². The quantitative estimate of drug-likeness (QED) is 0.700. The van der Waals surface area contributed by atoms with Gasteiger partial charge in [0.2, 0.25) is 5.91 Å². The van der Waals surface area contributed by atoms with E-state index in [0.29, 0.717) is 31.0 Å². The smallest absolute Gasteiger partial charge is 0.251 e. The molecule has 3 aliphatic rings. The van der Waals surface area contributed by atoms with Crippen LogP contribution in [0.1, 0.15) is 42.5 Å². The first-order chi connectivity index (χ1) is 16.2. The summed E-state index contributed by atoms with van der Waals surface area (Å²) in [5, 5.41) is 2.95. The lowest BCUT2D eigenvalue weighted by Crippen LogP contribution is -2.42. The van der Waals surface area contributed by atoms with Crippen molar-refractivity contribution in [2.75, 3.05) is 26.2 Å². The van der Waals surface area contributed by atoms with Crippen molar-refractivity contribution in [2.45, 2.75) is 44.3 Å². The van der Waals surface area contributed by atoms with Gasteiger partial charge in [-0.1, -0.05) is 12.1 Å². The molecular formula is C26H30N2O5. The van der Waals surface area contributed by atoms with Gasteiger partial charge in [0, 0.05) is 50.4 Å². The van der Waals surface area contributed by atoms with E-state index in [0.717, 1.165) is 56.0 Å². The Hall–Kier alpha value is -3.22. The SMILES string of the molecule is O=C(NCCC1COc2ccccc2O1)c1ccc(OC2CCN(C(=O)C3CC3)CC2)cc1. The highest BCUT2D eigenvalue weighted by atomic mass is 16.6. The second kappa shape index (κ2) is 9.73. The number of piperidine rings is 1. The van der Waals surface area contributed by atoms with Crippen LogP contribution in [0, 0.1) is 5.92 Å². The number of amides is 2. The van der Waals surface area contributed by atoms with Gasteiger partial charge in [0.25, 0.3) is 5.91 Å². The molecule has 2 fully saturated rings. The van der Waals surface area contributed by atoms with Crippen LogP contribution in [0.15, 0.2) is 48.5 Å². The summed E-state index contributed by atoms with van der Waals surface area (Å²) >= 11 is 0. The molecule has 1 aliphatic carbocycles. The molecule has 2 aliphatic heterocycles. The first-order valence-electron chi connectivity index (χ1n) is 11.9. The minimum Gasteiger partial charge on any atom is -0.490 e. The molecule has 0 radical (unpaired) electrons. The first kappa shape index (κ1) is 21.6. The van der Waals surface area contributed by atoms with E-state index >= 15 is 0 Å². The third-order valence-electron chi connectivity index (χ3n) is 6.42. The normalized spacial score (nSPS) is 20.2. The number of benzene rings is 2. The number of ether oxygens (including phenoxy) is 3. The van der Waals surface area contributed by atoms with E-state index in [4.69, 9.17) is 14.2 Å². The lowest BCUT2D eigenvalue weighted by atomic mass is 10.1. The Morgan fingerprint density at radius 1 is 0.970 bits per heavy atom. The Labute approximate surface area is 194 Å². The van der Waals surface area contributed by atoms with Crippen molar-refractivity contribution < 1.29 is 23.8 Å². The van der Waals surface area contributed by atoms with Crippen molar-refractivity contribution >= 4 is 11.8 Å². The van der Waals surface area contributed by atoms with E-state index in [1.807, 2.05) is 41.3 Å². The van der Waals surface area contributed by atoms with Crippen LogP contribution in [0.5, 0.6) is 17.2 Å². The molecule has 1 saturated carbocycles. The zero-order valence-electron chi connectivity index (χ0n) is 18.7. The Kier molecular flexibility index (Phi) is 6.37. The number of carbonyl (C=O) groups is 2. The van der Waals surface area contributed by atoms with E-state index in [2.05, 4.69) is 5.32 Å². The van der Waals surface area contributed by atoms with Crippen LogP contribution in [0.2, 0.25) is 0 Å². The van der Waals surface area contributed by atoms with Gasteiger partial charge in [0.15, 0.2) is 11.5 Å². The lowest BCUT2D eigenvalue weighted by Gasteiger charge is -2.32. The average Bonchev–Trinajstić information content (AvgIpc) is 3.70. The number of para-hydroxylation sites is 2. The Bertz CT molecular complexity index is 980. The number of rotatable bonds is 7. The summed E-state index contributed by atoms with van der Waals surface area (Å²) in [6.07, 6.45) is 4.48. The van der Waals surface area contributed by atoms with Crippen LogP contribution in [0.25, 0.3) is 0 Å². The van der Waals surface area contributed by atoms with Crippen LogP contribution in [0.4, 0.5) is 0 Å². The van der Waals surface area contributed by atoms with E-state index in [1.165, 1.54) is 0 Å². The maximum absolute atomic E-state index is 12.5. The van der Waals surface area contributed by atoms with Crippen molar-refractivity contribution in [2.24, 2.45) is 5.92 Å². The average molecular weight is 451 g/mol. The molecule has 0 bridgehead atoms. The maximum Gasteiger partial charge on any atom is 0.251 e. The summed E-state index contributed by atoms with van der Waals surface area (Å²) in [4.78, 5) is 26.6. The van der Waals surface area contributed by atoms with Gasteiger partial charge in [-0.25, -0.2) is 0 Å². The van der Waals surface area contributed by atoms with Crippen molar-refractivity contribution in [3.8, 4) is 17.2 Å². The third kappa shape index (κ3) is 5.41. The molecule has 174 valence electrons. The summed E-state index contributed by atoms with van der Waals surface area (Å²) in [6, 6.07) is 14.9. The molecular weight excluding hydrogens is 420 g/mol. The molecule has 2 heterocycles. The van der Waals surface area contributed by atoms with Crippen LogP contribution in [-0.2, 0) is 4.79 Å². The third-order valence-corrected chi connectivity index (χ3v) is 6.42. The molecule has 1 saturated heterocycles. The maximum atomic E-state index is 12.5. The first-order valence-corrected chi connectivity index (χ1v) is 11.9. The molecule has 2 aromatic rings. The van der Waals surface area contributed by atoms with Crippen molar-refractivity contribution in [3.05, 3.63) is 54.1 Å². The molecule has 0 spiro atoms. The van der Waals surface area contributed by atoms with Gasteiger partial charge < -0.3 is 24.4 Å². The molecule has 0 aromatic heterocycles. The number of carbonyl (C=O) groups excluding carboxylic acids is 2. The molecule has 2 amide bonds. The van der Waals surface area contributed by atoms with E-state index in [-0.39, 0.29) is 24.0 Å². The predicted molar refractivity (Wildman–Crippen MR) is 123 cm³/mol. The number of nitrogens with zero attached hydrogens (tertiary/aromatic N) is 1. The summed E-state index contributed by atoms with van der Waals surface area (Å²) < 4.78 is 17.7. The fourth-order valence-electron chi connectivity index (χ4n) is 4.31. The molecule has 5 rings (SSSR count). The fraction of sp³-hybridized carbons (Fsp3) is 0.462. The number of fused-ring (bicyclic) bond motifs is 1. The van der Waals surface area contributed by atoms with Gasteiger partial charge in [-0.15, -0.1) is 0 Å². The van der Waals surface area contributed by atoms with E-state index in [9.17, 15) is 9.59 Å². The standard InChI is InChI=1S/C26H30N2O5/c29-25(27-14-11-22-17-31-23-3-1-2-4-24(23)33-22)18-7-9-20(10-8-18)32-21-12-15-28(16-13-21)26(30)19-5-6-19/h1-4,7-10,19,21-22H,5-6,11-17H2,(H,27,29). The predicted octanol–water partition coefficient (Wildman–Crippen LogP) is 3.43. The van der Waals surface area contributed by atoms with E-state index in [1.54, 1.807) is 12.1 Å². The molecule has 1 atom stereocenters. The molecule has 7 nitrogen and oxygen atoms in total. The highest BCUT2D eigenvalue weighted by Gasteiger charge is 2.35. The van der Waals surface area contributed by atoms with E-state index < -0.39 is 0 Å². The lowest BCUT2D eigenvalue weighted by molar-refractivity contribution is -0.134. The van der Waals surface area contributed by atoms with Gasteiger partial charge in [-0.3, -0.25) is 9.59 Å². The number of hydrogen-bond acceptors (Lipinski definition) is 5. The second-order valence-corrected chi connectivity index (χ2v) is 8.98. The van der Waals surface area contributed by atoms with Crippen LogP contribution < -0.4 is 19.5 Å². The van der Waals surface area contributed by atoms with Crippen LogP contribution in [-0.4, -0.2) is 55.2 Å². The van der Waals surface area contributed by atoms with Crippen molar-refractivity contribution in [3.63, 3.8) is 0 Å². The largest absolute Gasteiger partial charge is 0.490 e. The van der Waals surface area contributed by atoms with Crippen molar-refractivity contribution in [1.82, 2.24) is 10.2 Å². The summed E-state index contributed by atoms with van der Waals surface area (Å²) in [6.45, 7) is 2.52. The topological polar surface area (TPSA) is 77.1 Å². The number of nitrogens with one attached hydrogen (secondary N) is 1. The van der Waals surface area contributed by atoms with Gasteiger partial charge in [-0.2, -0.15) is 0 Å². The minimum atomic E-state index is -0.120. The molecule has 2 aromatic carbocycles.